The Bertz CT molecular complexity index is 1580. The highest BCUT2D eigenvalue weighted by molar-refractivity contribution is 5.90. The Morgan fingerprint density at radius 2 is 1.45 bits per heavy atom. The van der Waals surface area contributed by atoms with E-state index in [1.54, 1.807) is 12.1 Å². The molecular formula is C43H54O6. The minimum atomic E-state index is -0.362. The summed E-state index contributed by atoms with van der Waals surface area (Å²) in [5.41, 5.74) is 3.74. The Kier molecular flexibility index (Phi) is 10.3. The van der Waals surface area contributed by atoms with Gasteiger partial charge in [-0.3, -0.25) is 4.79 Å². The number of carbonyl (C=O) groups excluding carboxylic acids is 3. The molecule has 0 N–H and O–H groups in total. The van der Waals surface area contributed by atoms with Gasteiger partial charge < -0.3 is 14.2 Å². The monoisotopic (exact) mass is 666 g/mol. The molecule has 3 fully saturated rings. The Morgan fingerprint density at radius 1 is 0.796 bits per heavy atom. The third-order valence-electron chi connectivity index (χ3n) is 12.9. The molecule has 4 aliphatic rings. The fraction of sp³-hybridized carbons (Fsp3) is 0.558. The number of fused-ring (bicyclic) bond motifs is 5. The zero-order valence-corrected chi connectivity index (χ0v) is 30.2. The van der Waals surface area contributed by atoms with Gasteiger partial charge >= 0.3 is 17.9 Å². The van der Waals surface area contributed by atoms with Crippen molar-refractivity contribution in [3.8, 4) is 0 Å². The van der Waals surface area contributed by atoms with Gasteiger partial charge in [0.05, 0.1) is 11.1 Å². The Hall–Kier alpha value is -3.67. The maximum absolute atomic E-state index is 13.0. The second kappa shape index (κ2) is 14.3. The molecule has 0 unspecified atom stereocenters. The van der Waals surface area contributed by atoms with Crippen molar-refractivity contribution in [2.75, 3.05) is 0 Å². The maximum atomic E-state index is 13.0. The van der Waals surface area contributed by atoms with Crippen LogP contribution in [-0.2, 0) is 19.0 Å². The van der Waals surface area contributed by atoms with Crippen LogP contribution in [0.2, 0.25) is 0 Å². The summed E-state index contributed by atoms with van der Waals surface area (Å²) in [7, 11) is 0. The first kappa shape index (κ1) is 35.2. The molecule has 4 aliphatic carbocycles. The van der Waals surface area contributed by atoms with Crippen molar-refractivity contribution < 1.29 is 28.6 Å². The van der Waals surface area contributed by atoms with E-state index in [0.717, 1.165) is 25.7 Å². The maximum Gasteiger partial charge on any atom is 0.338 e. The summed E-state index contributed by atoms with van der Waals surface area (Å²) >= 11 is 0. The first-order valence-electron chi connectivity index (χ1n) is 18.5. The van der Waals surface area contributed by atoms with E-state index < -0.39 is 0 Å². The van der Waals surface area contributed by atoms with Crippen molar-refractivity contribution in [2.45, 2.75) is 111 Å². The Labute approximate surface area is 292 Å². The third kappa shape index (κ3) is 6.90. The molecule has 3 saturated carbocycles. The number of rotatable bonds is 10. The van der Waals surface area contributed by atoms with E-state index in [2.05, 4.69) is 46.8 Å². The fourth-order valence-corrected chi connectivity index (χ4v) is 10.2. The third-order valence-corrected chi connectivity index (χ3v) is 12.9. The smallest absolute Gasteiger partial charge is 0.338 e. The van der Waals surface area contributed by atoms with Crippen LogP contribution in [-0.4, -0.2) is 36.2 Å². The summed E-state index contributed by atoms with van der Waals surface area (Å²) in [4.78, 5) is 38.4. The van der Waals surface area contributed by atoms with Gasteiger partial charge in [0.15, 0.2) is 0 Å². The van der Waals surface area contributed by atoms with Crippen molar-refractivity contribution >= 4 is 17.9 Å². The van der Waals surface area contributed by atoms with Crippen LogP contribution in [0.15, 0.2) is 84.0 Å². The second-order valence-corrected chi connectivity index (χ2v) is 16.0. The zero-order chi connectivity index (χ0) is 34.9. The number of carbonyl (C=O) groups is 3. The van der Waals surface area contributed by atoms with Gasteiger partial charge in [-0.15, -0.1) is 0 Å². The first-order chi connectivity index (χ1) is 23.4. The van der Waals surface area contributed by atoms with Crippen LogP contribution in [0.4, 0.5) is 0 Å². The standard InChI is InChI=1S/C43H54O6/c1-27(2)38(49-41(46)31-15-11-8-12-16-31)22-17-28(3)35-20-21-36-34-19-18-32-25-33(48-40(45)30-13-9-7-10-14-30)26-39(47-29(4)44)43(32,6)37(34)23-24-42(35,36)5/h7-16,18-19,27-28,33,35-39H,17,20-26H2,1-6H3/t28-,33-,35-,36+,37+,38-,39+,42-,43+/m1/s1. The summed E-state index contributed by atoms with van der Waals surface area (Å²) in [6.45, 7) is 13.0. The highest BCUT2D eigenvalue weighted by atomic mass is 16.6. The van der Waals surface area contributed by atoms with Gasteiger partial charge in [-0.25, -0.2) is 9.59 Å². The highest BCUT2D eigenvalue weighted by Crippen LogP contribution is 2.66. The normalized spacial score (nSPS) is 31.6. The minimum Gasteiger partial charge on any atom is -0.461 e. The molecule has 0 aromatic heterocycles. The van der Waals surface area contributed by atoms with Crippen LogP contribution in [0.3, 0.4) is 0 Å². The van der Waals surface area contributed by atoms with Gasteiger partial charge in [0.2, 0.25) is 0 Å². The minimum absolute atomic E-state index is 0.110. The van der Waals surface area contributed by atoms with E-state index in [1.165, 1.54) is 30.9 Å². The van der Waals surface area contributed by atoms with Gasteiger partial charge in [-0.05, 0) is 97.8 Å². The molecule has 0 amide bonds. The molecule has 0 spiro atoms. The molecule has 0 aliphatic heterocycles. The fourth-order valence-electron chi connectivity index (χ4n) is 10.2. The van der Waals surface area contributed by atoms with Gasteiger partial charge in [-0.1, -0.05) is 94.3 Å². The first-order valence-corrected chi connectivity index (χ1v) is 18.5. The number of esters is 3. The van der Waals surface area contributed by atoms with E-state index in [1.807, 2.05) is 48.5 Å². The molecule has 9 atom stereocenters. The lowest BCUT2D eigenvalue weighted by atomic mass is 9.49. The van der Waals surface area contributed by atoms with Crippen LogP contribution >= 0.6 is 0 Å². The molecule has 0 bridgehead atoms. The lowest BCUT2D eigenvalue weighted by Gasteiger charge is -2.57. The lowest BCUT2D eigenvalue weighted by Crippen LogP contribution is -2.54. The number of allylic oxidation sites excluding steroid dienone is 3. The van der Waals surface area contributed by atoms with Gasteiger partial charge in [-0.2, -0.15) is 0 Å². The van der Waals surface area contributed by atoms with Crippen molar-refractivity contribution in [2.24, 2.45) is 40.4 Å². The topological polar surface area (TPSA) is 78.9 Å². The van der Waals surface area contributed by atoms with E-state index in [9.17, 15) is 14.4 Å². The molecule has 0 heterocycles. The van der Waals surface area contributed by atoms with Crippen LogP contribution in [0.5, 0.6) is 0 Å². The van der Waals surface area contributed by atoms with Crippen LogP contribution in [0.1, 0.15) is 114 Å². The van der Waals surface area contributed by atoms with Crippen LogP contribution in [0.25, 0.3) is 0 Å². The quantitative estimate of drug-likeness (QED) is 0.186. The number of hydrogen-bond donors (Lipinski definition) is 0. The van der Waals surface area contributed by atoms with Crippen molar-refractivity contribution in [1.29, 1.82) is 0 Å². The predicted molar refractivity (Wildman–Crippen MR) is 191 cm³/mol. The van der Waals surface area contributed by atoms with Crippen LogP contribution < -0.4 is 0 Å². The van der Waals surface area contributed by atoms with Gasteiger partial charge in [0, 0.05) is 25.2 Å². The number of benzene rings is 2. The molecular weight excluding hydrogens is 612 g/mol. The molecule has 6 heteroatoms. The number of ether oxygens (including phenoxy) is 3. The molecule has 0 radical (unpaired) electrons. The summed E-state index contributed by atoms with van der Waals surface area (Å²) in [5.74, 6) is 1.26. The Morgan fingerprint density at radius 3 is 2.08 bits per heavy atom. The molecule has 2 aromatic rings. The predicted octanol–water partition coefficient (Wildman–Crippen LogP) is 9.55. The van der Waals surface area contributed by atoms with Crippen molar-refractivity contribution in [1.82, 2.24) is 0 Å². The van der Waals surface area contributed by atoms with Crippen molar-refractivity contribution in [3.05, 3.63) is 95.1 Å². The lowest BCUT2D eigenvalue weighted by molar-refractivity contribution is -0.159. The average molecular weight is 667 g/mol. The summed E-state index contributed by atoms with van der Waals surface area (Å²) in [5, 5.41) is 0. The summed E-state index contributed by atoms with van der Waals surface area (Å²) in [6.07, 6.45) is 11.4. The SMILES string of the molecule is CC(=O)O[C@H]1C[C@H](OC(=O)c2ccccc2)CC2=CC=C3[C@@H]4CC[C@H]([C@H](C)CC[C@@H](OC(=O)c5ccccc5)C(C)C)[C@@]4(C)CC[C@@H]3[C@]21C. The summed E-state index contributed by atoms with van der Waals surface area (Å²) in [6, 6.07) is 18.4. The van der Waals surface area contributed by atoms with E-state index in [-0.39, 0.29) is 58.9 Å². The second-order valence-electron chi connectivity index (χ2n) is 16.0. The molecule has 49 heavy (non-hydrogen) atoms. The molecule has 0 saturated heterocycles. The largest absolute Gasteiger partial charge is 0.461 e. The van der Waals surface area contributed by atoms with Gasteiger partial charge in [0.1, 0.15) is 18.3 Å². The highest BCUT2D eigenvalue weighted by Gasteiger charge is 2.60. The average Bonchev–Trinajstić information content (AvgIpc) is 3.44. The van der Waals surface area contributed by atoms with Gasteiger partial charge in [0.25, 0.3) is 0 Å². The molecule has 6 nitrogen and oxygen atoms in total. The molecule has 6 rings (SSSR count). The van der Waals surface area contributed by atoms with Crippen molar-refractivity contribution in [3.63, 3.8) is 0 Å². The van der Waals surface area contributed by atoms with E-state index in [4.69, 9.17) is 14.2 Å². The van der Waals surface area contributed by atoms with E-state index in [0.29, 0.717) is 41.7 Å². The summed E-state index contributed by atoms with van der Waals surface area (Å²) < 4.78 is 18.2. The zero-order valence-electron chi connectivity index (χ0n) is 30.2. The van der Waals surface area contributed by atoms with E-state index >= 15 is 0 Å². The Balaban J connectivity index is 1.17. The van der Waals surface area contributed by atoms with Crippen LogP contribution in [0, 0.1) is 40.4 Å². The molecule has 262 valence electrons. The number of hydrogen-bond acceptors (Lipinski definition) is 6. The molecule has 2 aromatic carbocycles.